The molecule has 11 nitrogen and oxygen atoms in total. The van der Waals surface area contributed by atoms with Crippen LogP contribution in [-0.4, -0.2) is 71.6 Å². The third-order valence-electron chi connectivity index (χ3n) is 3.56. The summed E-state index contributed by atoms with van der Waals surface area (Å²) in [7, 11) is 0. The van der Waals surface area contributed by atoms with E-state index in [0.29, 0.717) is 0 Å². The molecule has 1 aliphatic heterocycles. The predicted octanol–water partition coefficient (Wildman–Crippen LogP) is -0.979. The number of carbonyl (C=O) groups is 5. The smallest absolute Gasteiger partial charge is 0.303 e. The van der Waals surface area contributed by atoms with E-state index in [2.05, 4.69) is 0 Å². The molecule has 1 fully saturated rings. The number of Topliss-reactive ketones (excluding diaryl/α,β-unsaturated/α-hetero) is 1. The van der Waals surface area contributed by atoms with Gasteiger partial charge in [0.2, 0.25) is 6.10 Å². The second-order valence-corrected chi connectivity index (χ2v) is 5.89. The minimum Gasteiger partial charge on any atom is -0.463 e. The molecule has 0 spiro atoms. The molecule has 0 saturated carbocycles. The van der Waals surface area contributed by atoms with Crippen molar-refractivity contribution in [1.82, 2.24) is 0 Å². The molecule has 0 aliphatic carbocycles. The third-order valence-corrected chi connectivity index (χ3v) is 3.56. The maximum atomic E-state index is 12.0. The van der Waals surface area contributed by atoms with Gasteiger partial charge in [0.25, 0.3) is 5.79 Å². The van der Waals surface area contributed by atoms with Gasteiger partial charge in [-0.15, -0.1) is 0 Å². The molecule has 0 amide bonds. The quantitative estimate of drug-likeness (QED) is 0.440. The molecule has 27 heavy (non-hydrogen) atoms. The van der Waals surface area contributed by atoms with Crippen LogP contribution in [0.1, 0.15) is 34.6 Å². The molecule has 0 unspecified atom stereocenters. The number of rotatable bonds is 6. The Morgan fingerprint density at radius 3 is 1.70 bits per heavy atom. The fourth-order valence-electron chi connectivity index (χ4n) is 2.56. The molecule has 1 saturated heterocycles. The maximum absolute atomic E-state index is 12.0. The zero-order chi connectivity index (χ0) is 20.9. The number of ketones is 1. The SMILES string of the molecule is CC(=O)OC[C@@H]1O[C@](O)(C(C)=O)[C@@H](OC(C)=O)[C@H](OC(C)=O)[C@@H]1OC(C)=O. The van der Waals surface area contributed by atoms with E-state index < -0.39 is 66.5 Å². The van der Waals surface area contributed by atoms with Crippen LogP contribution >= 0.6 is 0 Å². The highest BCUT2D eigenvalue weighted by atomic mass is 16.7. The van der Waals surface area contributed by atoms with Gasteiger partial charge in [-0.1, -0.05) is 0 Å². The van der Waals surface area contributed by atoms with Gasteiger partial charge in [0, 0.05) is 34.6 Å². The maximum Gasteiger partial charge on any atom is 0.303 e. The average molecular weight is 390 g/mol. The van der Waals surface area contributed by atoms with Crippen LogP contribution in [0, 0.1) is 0 Å². The van der Waals surface area contributed by atoms with E-state index in [0.717, 1.165) is 34.6 Å². The molecule has 0 aromatic heterocycles. The summed E-state index contributed by atoms with van der Waals surface area (Å²) in [6, 6.07) is 0. The Kier molecular flexibility index (Phi) is 7.43. The van der Waals surface area contributed by atoms with Crippen molar-refractivity contribution < 1.29 is 52.8 Å². The number of aliphatic hydroxyl groups is 1. The van der Waals surface area contributed by atoms with Crippen LogP contribution in [0.15, 0.2) is 0 Å². The minimum atomic E-state index is -2.73. The summed E-state index contributed by atoms with van der Waals surface area (Å²) in [5, 5.41) is 10.7. The Bertz CT molecular complexity index is 628. The Morgan fingerprint density at radius 1 is 0.815 bits per heavy atom. The van der Waals surface area contributed by atoms with Crippen LogP contribution in [0.3, 0.4) is 0 Å². The number of carbonyl (C=O) groups excluding carboxylic acids is 5. The first kappa shape index (κ1) is 22.5. The zero-order valence-electron chi connectivity index (χ0n) is 15.5. The second kappa shape index (κ2) is 8.91. The summed E-state index contributed by atoms with van der Waals surface area (Å²) in [4.78, 5) is 57.6. The first-order valence-corrected chi connectivity index (χ1v) is 7.94. The molecule has 1 rings (SSSR count). The predicted molar refractivity (Wildman–Crippen MR) is 83.8 cm³/mol. The first-order chi connectivity index (χ1) is 12.4. The van der Waals surface area contributed by atoms with E-state index in [1.807, 2.05) is 0 Å². The molecule has 0 aromatic rings. The summed E-state index contributed by atoms with van der Waals surface area (Å²) in [6.07, 6.45) is -6.24. The molecule has 1 heterocycles. The number of esters is 4. The van der Waals surface area contributed by atoms with E-state index >= 15 is 0 Å². The molecular formula is C16H22O11. The zero-order valence-corrected chi connectivity index (χ0v) is 15.5. The van der Waals surface area contributed by atoms with Crippen LogP contribution in [0.4, 0.5) is 0 Å². The highest BCUT2D eigenvalue weighted by molar-refractivity contribution is 5.85. The van der Waals surface area contributed by atoms with Gasteiger partial charge < -0.3 is 28.8 Å². The van der Waals surface area contributed by atoms with Crippen LogP contribution < -0.4 is 0 Å². The first-order valence-electron chi connectivity index (χ1n) is 7.94. The molecule has 0 bridgehead atoms. The van der Waals surface area contributed by atoms with Crippen molar-refractivity contribution >= 4 is 29.7 Å². The third kappa shape index (κ3) is 5.73. The minimum absolute atomic E-state index is 0.534. The van der Waals surface area contributed by atoms with Crippen LogP contribution in [0.2, 0.25) is 0 Å². The number of hydrogen-bond donors (Lipinski definition) is 1. The number of hydrogen-bond acceptors (Lipinski definition) is 11. The van der Waals surface area contributed by atoms with Gasteiger partial charge in [0.1, 0.15) is 12.7 Å². The highest BCUT2D eigenvalue weighted by Crippen LogP contribution is 2.35. The summed E-state index contributed by atoms with van der Waals surface area (Å²) in [5.74, 6) is -7.01. The van der Waals surface area contributed by atoms with Crippen LogP contribution in [-0.2, 0) is 47.7 Å². The summed E-state index contributed by atoms with van der Waals surface area (Å²) in [6.45, 7) is 4.60. The van der Waals surface area contributed by atoms with Crippen molar-refractivity contribution in [3.63, 3.8) is 0 Å². The fourth-order valence-corrected chi connectivity index (χ4v) is 2.56. The van der Waals surface area contributed by atoms with Crippen molar-refractivity contribution in [2.75, 3.05) is 6.61 Å². The number of ether oxygens (including phenoxy) is 5. The normalized spacial score (nSPS) is 30.0. The topological polar surface area (TPSA) is 152 Å². The van der Waals surface area contributed by atoms with Crippen LogP contribution in [0.5, 0.6) is 0 Å². The Labute approximate surface area is 154 Å². The molecule has 11 heteroatoms. The van der Waals surface area contributed by atoms with Crippen molar-refractivity contribution in [3.05, 3.63) is 0 Å². The van der Waals surface area contributed by atoms with E-state index in [1.54, 1.807) is 0 Å². The molecule has 152 valence electrons. The standard InChI is InChI=1S/C16H22O11/c1-7(17)16(22)15(26-11(5)21)14(25-10(4)20)13(24-9(3)19)12(27-16)6-23-8(2)18/h12-15,22H,6H2,1-5H3/t12-,13+,14+,15-,16+/m0/s1. The van der Waals surface area contributed by atoms with Gasteiger partial charge >= 0.3 is 23.9 Å². The average Bonchev–Trinajstić information content (AvgIpc) is 2.50. The molecule has 0 radical (unpaired) electrons. The largest absolute Gasteiger partial charge is 0.463 e. The summed E-state index contributed by atoms with van der Waals surface area (Å²) in [5.41, 5.74) is 0. The molecule has 1 N–H and O–H groups in total. The van der Waals surface area contributed by atoms with E-state index in [-0.39, 0.29) is 0 Å². The van der Waals surface area contributed by atoms with E-state index in [4.69, 9.17) is 23.7 Å². The molecule has 0 aromatic carbocycles. The van der Waals surface area contributed by atoms with E-state index in [9.17, 15) is 29.1 Å². The lowest BCUT2D eigenvalue weighted by Crippen LogP contribution is -2.70. The monoisotopic (exact) mass is 390 g/mol. The van der Waals surface area contributed by atoms with Gasteiger partial charge in [0.05, 0.1) is 0 Å². The lowest BCUT2D eigenvalue weighted by molar-refractivity contribution is -0.334. The van der Waals surface area contributed by atoms with Crippen molar-refractivity contribution in [2.45, 2.75) is 64.8 Å². The molecule has 5 atom stereocenters. The van der Waals surface area contributed by atoms with Gasteiger partial charge in [-0.3, -0.25) is 24.0 Å². The van der Waals surface area contributed by atoms with E-state index in [1.165, 1.54) is 0 Å². The van der Waals surface area contributed by atoms with Gasteiger partial charge in [0.15, 0.2) is 18.0 Å². The van der Waals surface area contributed by atoms with Gasteiger partial charge in [-0.25, -0.2) is 0 Å². The lowest BCUT2D eigenvalue weighted by Gasteiger charge is -2.47. The Balaban J connectivity index is 3.43. The second-order valence-electron chi connectivity index (χ2n) is 5.89. The van der Waals surface area contributed by atoms with Crippen molar-refractivity contribution in [3.8, 4) is 0 Å². The summed E-state index contributed by atoms with van der Waals surface area (Å²) < 4.78 is 25.2. The fraction of sp³-hybridized carbons (Fsp3) is 0.688. The molecular weight excluding hydrogens is 368 g/mol. The van der Waals surface area contributed by atoms with Crippen molar-refractivity contribution in [2.24, 2.45) is 0 Å². The Hall–Kier alpha value is -2.53. The lowest BCUT2D eigenvalue weighted by atomic mass is 9.89. The Morgan fingerprint density at radius 2 is 1.30 bits per heavy atom. The van der Waals surface area contributed by atoms with Gasteiger partial charge in [-0.05, 0) is 0 Å². The van der Waals surface area contributed by atoms with Crippen LogP contribution in [0.25, 0.3) is 0 Å². The highest BCUT2D eigenvalue weighted by Gasteiger charge is 2.61. The summed E-state index contributed by atoms with van der Waals surface area (Å²) >= 11 is 0. The molecule has 1 aliphatic rings. The van der Waals surface area contributed by atoms with Crippen molar-refractivity contribution in [1.29, 1.82) is 0 Å². The van der Waals surface area contributed by atoms with Gasteiger partial charge in [-0.2, -0.15) is 0 Å².